The van der Waals surface area contributed by atoms with Gasteiger partial charge < -0.3 is 10.1 Å². The Labute approximate surface area is 107 Å². The van der Waals surface area contributed by atoms with Crippen molar-refractivity contribution < 1.29 is 9.53 Å². The van der Waals surface area contributed by atoms with Gasteiger partial charge in [-0.2, -0.15) is 5.26 Å². The van der Waals surface area contributed by atoms with Crippen LogP contribution in [0.1, 0.15) is 18.9 Å². The molecular weight excluding hydrogens is 228 g/mol. The molecule has 0 heterocycles. The van der Waals surface area contributed by atoms with Gasteiger partial charge in [0.1, 0.15) is 5.75 Å². The van der Waals surface area contributed by atoms with E-state index in [1.54, 1.807) is 24.3 Å². The molecule has 1 aromatic carbocycles. The highest BCUT2D eigenvalue weighted by atomic mass is 16.5. The van der Waals surface area contributed by atoms with Crippen LogP contribution in [0.25, 0.3) is 0 Å². The van der Waals surface area contributed by atoms with E-state index < -0.39 is 0 Å². The van der Waals surface area contributed by atoms with Crippen molar-refractivity contribution in [1.29, 1.82) is 5.26 Å². The lowest BCUT2D eigenvalue weighted by Gasteiger charge is -2.11. The van der Waals surface area contributed by atoms with Crippen molar-refractivity contribution in [2.75, 3.05) is 6.61 Å². The third kappa shape index (κ3) is 4.19. The second-order valence-corrected chi connectivity index (χ2v) is 3.62. The molecule has 0 fully saturated rings. The highest BCUT2D eigenvalue weighted by molar-refractivity contribution is 5.78. The summed E-state index contributed by atoms with van der Waals surface area (Å²) >= 11 is 0. The van der Waals surface area contributed by atoms with Crippen molar-refractivity contribution in [3.8, 4) is 24.2 Å². The molecule has 0 radical (unpaired) electrons. The largest absolute Gasteiger partial charge is 0.484 e. The second-order valence-electron chi connectivity index (χ2n) is 3.62. The summed E-state index contributed by atoms with van der Waals surface area (Å²) in [5, 5.41) is 11.3. The maximum absolute atomic E-state index is 11.5. The average molecular weight is 242 g/mol. The second kappa shape index (κ2) is 6.98. The van der Waals surface area contributed by atoms with E-state index in [0.29, 0.717) is 17.7 Å². The molecule has 0 aromatic heterocycles. The summed E-state index contributed by atoms with van der Waals surface area (Å²) < 4.78 is 5.27. The number of nitrogens with zero attached hydrogens (tertiary/aromatic N) is 1. The molecule has 0 spiro atoms. The van der Waals surface area contributed by atoms with E-state index in [4.69, 9.17) is 16.4 Å². The Morgan fingerprint density at radius 2 is 2.17 bits per heavy atom. The number of benzene rings is 1. The molecule has 0 saturated heterocycles. The lowest BCUT2D eigenvalue weighted by atomic mass is 10.2. The highest BCUT2D eigenvalue weighted by Crippen LogP contribution is 2.11. The maximum atomic E-state index is 11.5. The first-order valence-corrected chi connectivity index (χ1v) is 5.58. The molecule has 18 heavy (non-hydrogen) atoms. The molecule has 4 heteroatoms. The molecular formula is C14H14N2O2. The van der Waals surface area contributed by atoms with Gasteiger partial charge in [0, 0.05) is 0 Å². The summed E-state index contributed by atoms with van der Waals surface area (Å²) in [6, 6.07) is 8.28. The summed E-state index contributed by atoms with van der Waals surface area (Å²) in [7, 11) is 0. The number of nitriles is 1. The third-order valence-electron chi connectivity index (χ3n) is 2.30. The molecule has 0 aliphatic rings. The fourth-order valence-electron chi connectivity index (χ4n) is 1.27. The Morgan fingerprint density at radius 3 is 2.67 bits per heavy atom. The topological polar surface area (TPSA) is 62.1 Å². The van der Waals surface area contributed by atoms with E-state index in [1.807, 2.05) is 13.0 Å². The molecule has 0 saturated carbocycles. The number of terminal acetylenes is 1. The van der Waals surface area contributed by atoms with Crippen LogP contribution in [0.4, 0.5) is 0 Å². The SMILES string of the molecule is C#CC(CC)NC(=O)COc1ccc(C#N)cc1. The van der Waals surface area contributed by atoms with Crippen LogP contribution in [0.15, 0.2) is 24.3 Å². The normalized spacial score (nSPS) is 10.8. The number of rotatable bonds is 5. The van der Waals surface area contributed by atoms with Crippen molar-refractivity contribution in [3.05, 3.63) is 29.8 Å². The van der Waals surface area contributed by atoms with E-state index >= 15 is 0 Å². The van der Waals surface area contributed by atoms with Gasteiger partial charge in [-0.25, -0.2) is 0 Å². The van der Waals surface area contributed by atoms with Crippen LogP contribution in [-0.2, 0) is 4.79 Å². The van der Waals surface area contributed by atoms with Crippen LogP contribution in [-0.4, -0.2) is 18.6 Å². The maximum Gasteiger partial charge on any atom is 0.258 e. The number of hydrogen-bond donors (Lipinski definition) is 1. The molecule has 1 rings (SSSR count). The molecule has 1 atom stereocenters. The fourth-order valence-corrected chi connectivity index (χ4v) is 1.27. The first kappa shape index (κ1) is 13.6. The Hall–Kier alpha value is -2.46. The van der Waals surface area contributed by atoms with Gasteiger partial charge in [0.2, 0.25) is 0 Å². The summed E-state index contributed by atoms with van der Waals surface area (Å²) in [5.41, 5.74) is 0.546. The van der Waals surface area contributed by atoms with Gasteiger partial charge in [-0.3, -0.25) is 4.79 Å². The number of hydrogen-bond acceptors (Lipinski definition) is 3. The van der Waals surface area contributed by atoms with Gasteiger partial charge in [-0.15, -0.1) is 6.42 Å². The van der Waals surface area contributed by atoms with Gasteiger partial charge >= 0.3 is 0 Å². The number of nitrogens with one attached hydrogen (secondary N) is 1. The van der Waals surface area contributed by atoms with Crippen LogP contribution in [0.2, 0.25) is 0 Å². The van der Waals surface area contributed by atoms with Crippen LogP contribution in [0.3, 0.4) is 0 Å². The van der Waals surface area contributed by atoms with E-state index in [2.05, 4.69) is 11.2 Å². The molecule has 92 valence electrons. The van der Waals surface area contributed by atoms with E-state index in [0.717, 1.165) is 0 Å². The highest BCUT2D eigenvalue weighted by Gasteiger charge is 2.07. The number of amides is 1. The zero-order valence-corrected chi connectivity index (χ0v) is 10.1. The van der Waals surface area contributed by atoms with E-state index in [9.17, 15) is 4.79 Å². The Balaban J connectivity index is 2.43. The van der Waals surface area contributed by atoms with E-state index in [1.165, 1.54) is 0 Å². The van der Waals surface area contributed by atoms with Crippen molar-refractivity contribution >= 4 is 5.91 Å². The van der Waals surface area contributed by atoms with Crippen molar-refractivity contribution in [2.24, 2.45) is 0 Å². The third-order valence-corrected chi connectivity index (χ3v) is 2.30. The predicted octanol–water partition coefficient (Wildman–Crippen LogP) is 1.47. The van der Waals surface area contributed by atoms with Crippen molar-refractivity contribution in [2.45, 2.75) is 19.4 Å². The van der Waals surface area contributed by atoms with Gasteiger partial charge in [-0.1, -0.05) is 12.8 Å². The molecule has 1 unspecified atom stereocenters. The lowest BCUT2D eigenvalue weighted by Crippen LogP contribution is -2.36. The smallest absolute Gasteiger partial charge is 0.258 e. The standard InChI is InChI=1S/C14H14N2O2/c1-3-12(4-2)16-14(17)10-18-13-7-5-11(9-15)6-8-13/h1,5-8,12H,4,10H2,2H3,(H,16,17). The molecule has 1 N–H and O–H groups in total. The summed E-state index contributed by atoms with van der Waals surface area (Å²) in [6.07, 6.45) is 5.91. The molecule has 0 aliphatic heterocycles. The Kier molecular flexibility index (Phi) is 5.28. The van der Waals surface area contributed by atoms with Crippen LogP contribution < -0.4 is 10.1 Å². The first-order chi connectivity index (χ1) is 8.69. The minimum Gasteiger partial charge on any atom is -0.484 e. The first-order valence-electron chi connectivity index (χ1n) is 5.58. The lowest BCUT2D eigenvalue weighted by molar-refractivity contribution is -0.123. The molecule has 4 nitrogen and oxygen atoms in total. The van der Waals surface area contributed by atoms with Crippen LogP contribution >= 0.6 is 0 Å². The Bertz CT molecular complexity index is 480. The summed E-state index contributed by atoms with van der Waals surface area (Å²) in [5.74, 6) is 2.75. The quantitative estimate of drug-likeness (QED) is 0.795. The molecule has 0 aliphatic carbocycles. The minimum atomic E-state index is -0.262. The van der Waals surface area contributed by atoms with Gasteiger partial charge in [0.25, 0.3) is 5.91 Å². The summed E-state index contributed by atoms with van der Waals surface area (Å²) in [6.45, 7) is 1.80. The van der Waals surface area contributed by atoms with Gasteiger partial charge in [0.05, 0.1) is 17.7 Å². The van der Waals surface area contributed by atoms with Crippen molar-refractivity contribution in [3.63, 3.8) is 0 Å². The average Bonchev–Trinajstić information content (AvgIpc) is 2.43. The summed E-state index contributed by atoms with van der Waals surface area (Å²) in [4.78, 5) is 11.5. The molecule has 1 aromatic rings. The minimum absolute atomic E-state index is 0.0932. The fraction of sp³-hybridized carbons (Fsp3) is 0.286. The zero-order chi connectivity index (χ0) is 13.4. The van der Waals surface area contributed by atoms with E-state index in [-0.39, 0.29) is 18.6 Å². The predicted molar refractivity (Wildman–Crippen MR) is 67.7 cm³/mol. The van der Waals surface area contributed by atoms with Gasteiger partial charge in [-0.05, 0) is 30.7 Å². The van der Waals surface area contributed by atoms with Crippen LogP contribution in [0.5, 0.6) is 5.75 Å². The Morgan fingerprint density at radius 1 is 1.50 bits per heavy atom. The number of ether oxygens (including phenoxy) is 1. The monoisotopic (exact) mass is 242 g/mol. The van der Waals surface area contributed by atoms with Crippen LogP contribution in [0, 0.1) is 23.7 Å². The molecule has 0 bridgehead atoms. The molecule has 1 amide bonds. The zero-order valence-electron chi connectivity index (χ0n) is 10.1. The number of carbonyl (C=O) groups is 1. The van der Waals surface area contributed by atoms with Gasteiger partial charge in [0.15, 0.2) is 6.61 Å². The number of carbonyl (C=O) groups excluding carboxylic acids is 1. The van der Waals surface area contributed by atoms with Crippen molar-refractivity contribution in [1.82, 2.24) is 5.32 Å².